The van der Waals surface area contributed by atoms with Gasteiger partial charge in [-0.15, -0.1) is 0 Å². The topological polar surface area (TPSA) is 70.6 Å². The molecule has 2 aromatic rings. The first-order valence-electron chi connectivity index (χ1n) is 8.43. The molecular formula is C20H22NO4-. The lowest BCUT2D eigenvalue weighted by atomic mass is 10.0. The minimum Gasteiger partial charge on any atom is -0.530 e. The second-order valence-corrected chi connectivity index (χ2v) is 6.40. The number of hydrogen-bond acceptors (Lipinski definition) is 4. The van der Waals surface area contributed by atoms with Crippen molar-refractivity contribution >= 4 is 6.09 Å². The number of fused-ring (bicyclic) bond motifs is 1. The second-order valence-electron chi connectivity index (χ2n) is 6.40. The van der Waals surface area contributed by atoms with Crippen LogP contribution < -0.4 is 19.9 Å². The summed E-state index contributed by atoms with van der Waals surface area (Å²) in [5.74, 6) is 1.38. The van der Waals surface area contributed by atoms with E-state index in [1.807, 2.05) is 25.1 Å². The fraction of sp³-hybridized carbons (Fsp3) is 0.350. The molecule has 1 aliphatic carbocycles. The third-order valence-corrected chi connectivity index (χ3v) is 4.62. The Morgan fingerprint density at radius 3 is 2.48 bits per heavy atom. The lowest BCUT2D eigenvalue weighted by Crippen LogP contribution is -2.38. The number of carboxylic acid groups (broad SMARTS) is 1. The lowest BCUT2D eigenvalue weighted by molar-refractivity contribution is -0.250. The van der Waals surface area contributed by atoms with Crippen LogP contribution in [-0.2, 0) is 12.8 Å². The number of carbonyl (C=O) groups is 1. The number of nitrogens with one attached hydrogen (secondary N) is 1. The van der Waals surface area contributed by atoms with Crippen LogP contribution in [0, 0.1) is 0 Å². The summed E-state index contributed by atoms with van der Waals surface area (Å²) in [5.41, 5.74) is 3.64. The van der Waals surface area contributed by atoms with Crippen molar-refractivity contribution in [3.63, 3.8) is 0 Å². The van der Waals surface area contributed by atoms with Crippen molar-refractivity contribution in [1.29, 1.82) is 0 Å². The number of methoxy groups -OCH3 is 1. The molecule has 1 aliphatic rings. The van der Waals surface area contributed by atoms with E-state index in [1.54, 1.807) is 7.11 Å². The van der Waals surface area contributed by atoms with Gasteiger partial charge in [0.2, 0.25) is 0 Å². The molecule has 132 valence electrons. The highest BCUT2D eigenvalue weighted by atomic mass is 16.5. The summed E-state index contributed by atoms with van der Waals surface area (Å²) in [6, 6.07) is 14.1. The van der Waals surface area contributed by atoms with Crippen LogP contribution >= 0.6 is 0 Å². The third kappa shape index (κ3) is 4.05. The van der Waals surface area contributed by atoms with Crippen LogP contribution in [0.3, 0.4) is 0 Å². The SMILES string of the molecule is COc1ccc(C(C)CNC(=O)[O-])cc1OC1Cc2ccccc2C1. The lowest BCUT2D eigenvalue weighted by Gasteiger charge is -2.19. The maximum atomic E-state index is 10.6. The highest BCUT2D eigenvalue weighted by molar-refractivity contribution is 5.61. The Bertz CT molecular complexity index is 734. The van der Waals surface area contributed by atoms with Gasteiger partial charge < -0.3 is 24.7 Å². The van der Waals surface area contributed by atoms with Gasteiger partial charge in [-0.05, 0) is 34.7 Å². The van der Waals surface area contributed by atoms with E-state index in [2.05, 4.69) is 29.6 Å². The molecule has 0 saturated carbocycles. The maximum Gasteiger partial charge on any atom is 0.161 e. The van der Waals surface area contributed by atoms with E-state index in [-0.39, 0.29) is 12.0 Å². The van der Waals surface area contributed by atoms with Gasteiger partial charge >= 0.3 is 0 Å². The number of ether oxygens (including phenoxy) is 2. The molecule has 0 saturated heterocycles. The molecule has 0 heterocycles. The number of carbonyl (C=O) groups excluding carboxylic acids is 1. The summed E-state index contributed by atoms with van der Waals surface area (Å²) >= 11 is 0. The molecule has 2 aromatic carbocycles. The number of amides is 1. The van der Waals surface area contributed by atoms with E-state index < -0.39 is 6.09 Å². The summed E-state index contributed by atoms with van der Waals surface area (Å²) in [6.07, 6.45) is 0.579. The van der Waals surface area contributed by atoms with Crippen LogP contribution in [0.25, 0.3) is 0 Å². The quantitative estimate of drug-likeness (QED) is 0.876. The summed E-state index contributed by atoms with van der Waals surface area (Å²) in [6.45, 7) is 2.25. The minimum atomic E-state index is -1.26. The van der Waals surface area contributed by atoms with Crippen molar-refractivity contribution in [2.45, 2.75) is 31.8 Å². The van der Waals surface area contributed by atoms with Gasteiger partial charge in [-0.2, -0.15) is 0 Å². The fourth-order valence-electron chi connectivity index (χ4n) is 3.23. The predicted octanol–water partition coefficient (Wildman–Crippen LogP) is 2.28. The molecule has 25 heavy (non-hydrogen) atoms. The molecule has 0 bridgehead atoms. The van der Waals surface area contributed by atoms with Crippen LogP contribution in [-0.4, -0.2) is 25.9 Å². The normalized spacial score (nSPS) is 14.6. The molecule has 0 aliphatic heterocycles. The first kappa shape index (κ1) is 17.1. The van der Waals surface area contributed by atoms with Crippen molar-refractivity contribution in [1.82, 2.24) is 5.32 Å². The average Bonchev–Trinajstić information content (AvgIpc) is 3.01. The van der Waals surface area contributed by atoms with Crippen LogP contribution in [0.4, 0.5) is 4.79 Å². The van der Waals surface area contributed by atoms with E-state index in [9.17, 15) is 9.90 Å². The van der Waals surface area contributed by atoms with Crippen LogP contribution in [0.15, 0.2) is 42.5 Å². The summed E-state index contributed by atoms with van der Waals surface area (Å²) in [4.78, 5) is 10.6. The van der Waals surface area contributed by atoms with Gasteiger partial charge in [-0.25, -0.2) is 0 Å². The Morgan fingerprint density at radius 2 is 1.88 bits per heavy atom. The van der Waals surface area contributed by atoms with Crippen LogP contribution in [0.2, 0.25) is 0 Å². The van der Waals surface area contributed by atoms with Crippen LogP contribution in [0.5, 0.6) is 11.5 Å². The predicted molar refractivity (Wildman–Crippen MR) is 93.1 cm³/mol. The highest BCUT2D eigenvalue weighted by Gasteiger charge is 2.24. The standard InChI is InChI=1S/C20H23NO4/c1-13(12-21-20(22)23)14-7-8-18(24-2)19(11-14)25-17-9-15-5-3-4-6-16(15)10-17/h3-8,11,13,17,21H,9-10,12H2,1-2H3,(H,22,23)/p-1. The zero-order valence-electron chi connectivity index (χ0n) is 14.5. The molecule has 0 fully saturated rings. The minimum absolute atomic E-state index is 0.00642. The summed E-state index contributed by atoms with van der Waals surface area (Å²) < 4.78 is 11.6. The first-order valence-corrected chi connectivity index (χ1v) is 8.43. The monoisotopic (exact) mass is 340 g/mol. The highest BCUT2D eigenvalue weighted by Crippen LogP contribution is 2.34. The van der Waals surface area contributed by atoms with Gasteiger partial charge in [0.1, 0.15) is 12.2 Å². The number of hydrogen-bond donors (Lipinski definition) is 1. The van der Waals surface area contributed by atoms with Crippen LogP contribution in [0.1, 0.15) is 29.5 Å². The summed E-state index contributed by atoms with van der Waals surface area (Å²) in [5, 5.41) is 12.9. The van der Waals surface area contributed by atoms with Crippen molar-refractivity contribution in [3.05, 3.63) is 59.2 Å². The number of benzene rings is 2. The third-order valence-electron chi connectivity index (χ3n) is 4.62. The molecule has 1 atom stereocenters. The molecule has 3 rings (SSSR count). The largest absolute Gasteiger partial charge is 0.530 e. The average molecular weight is 340 g/mol. The van der Waals surface area contributed by atoms with E-state index in [1.165, 1.54) is 11.1 Å². The zero-order valence-corrected chi connectivity index (χ0v) is 14.5. The Balaban J connectivity index is 1.74. The molecular weight excluding hydrogens is 318 g/mol. The number of rotatable bonds is 6. The van der Waals surface area contributed by atoms with Gasteiger partial charge in [0, 0.05) is 19.4 Å². The van der Waals surface area contributed by atoms with Gasteiger partial charge in [0.15, 0.2) is 11.5 Å². The molecule has 5 heteroatoms. The summed E-state index contributed by atoms with van der Waals surface area (Å²) in [7, 11) is 1.62. The maximum absolute atomic E-state index is 10.6. The van der Waals surface area contributed by atoms with Gasteiger partial charge in [0.25, 0.3) is 0 Å². The van der Waals surface area contributed by atoms with Gasteiger partial charge in [-0.1, -0.05) is 37.3 Å². The second kappa shape index (κ2) is 7.47. The van der Waals surface area contributed by atoms with Crippen molar-refractivity contribution in [2.75, 3.05) is 13.7 Å². The van der Waals surface area contributed by atoms with Gasteiger partial charge in [-0.3, -0.25) is 0 Å². The van der Waals surface area contributed by atoms with E-state index in [0.29, 0.717) is 18.0 Å². The zero-order chi connectivity index (χ0) is 17.8. The smallest absolute Gasteiger partial charge is 0.161 e. The van der Waals surface area contributed by atoms with E-state index >= 15 is 0 Å². The molecule has 0 radical (unpaired) electrons. The molecule has 1 amide bonds. The first-order chi connectivity index (χ1) is 12.1. The Labute approximate surface area is 147 Å². The molecule has 0 spiro atoms. The Kier molecular flexibility index (Phi) is 5.12. The van der Waals surface area contributed by atoms with E-state index in [0.717, 1.165) is 18.4 Å². The molecule has 5 nitrogen and oxygen atoms in total. The van der Waals surface area contributed by atoms with E-state index in [4.69, 9.17) is 9.47 Å². The Morgan fingerprint density at radius 1 is 1.20 bits per heavy atom. The molecule has 1 unspecified atom stereocenters. The van der Waals surface area contributed by atoms with Crippen molar-refractivity contribution in [2.24, 2.45) is 0 Å². The van der Waals surface area contributed by atoms with Crippen molar-refractivity contribution < 1.29 is 19.4 Å². The molecule has 0 aromatic heterocycles. The fourth-order valence-corrected chi connectivity index (χ4v) is 3.23. The Hall–Kier alpha value is -2.69. The van der Waals surface area contributed by atoms with Crippen molar-refractivity contribution in [3.8, 4) is 11.5 Å². The van der Waals surface area contributed by atoms with Gasteiger partial charge in [0.05, 0.1) is 7.11 Å². The molecule has 1 N–H and O–H groups in total.